The summed E-state index contributed by atoms with van der Waals surface area (Å²) in [5.41, 5.74) is 2.65. The molecular weight excluding hydrogens is 1750 g/mol. The number of phenols is 8. The molecule has 0 heterocycles. The molecule has 20 nitrogen and oxygen atoms in total. The van der Waals surface area contributed by atoms with Gasteiger partial charge in [0.25, 0.3) is 0 Å². The first-order chi connectivity index (χ1) is 64.2. The predicted molar refractivity (Wildman–Crippen MR) is 551 cm³/mol. The number of allylic oxidation sites excluding steroid dienone is 4. The van der Waals surface area contributed by atoms with E-state index in [0.717, 1.165) is 81.3 Å². The molecule has 0 saturated heterocycles. The number of aromatic hydroxyl groups is 8. The molecule has 132 heavy (non-hydrogen) atoms. The quantitative estimate of drug-likeness (QED) is 0.00509. The van der Waals surface area contributed by atoms with E-state index in [0.29, 0.717) is 67.5 Å². The number of hydrogen-bond donors (Lipinski definition) is 8. The Kier molecular flexibility index (Phi) is 79.1. The van der Waals surface area contributed by atoms with Gasteiger partial charge in [-0.3, -0.25) is 19.2 Å². The van der Waals surface area contributed by atoms with Crippen LogP contribution in [0, 0.1) is 0 Å². The number of esters is 4. The Hall–Kier alpha value is -6.76. The Bertz CT molecular complexity index is 3660. The summed E-state index contributed by atoms with van der Waals surface area (Å²) in [6, 6.07) is 5.95. The molecule has 0 aliphatic rings. The van der Waals surface area contributed by atoms with Gasteiger partial charge in [-0.2, -0.15) is 0 Å². The lowest BCUT2D eigenvalue weighted by Gasteiger charge is -2.15. The van der Waals surface area contributed by atoms with Crippen molar-refractivity contribution in [2.24, 2.45) is 0 Å². The van der Waals surface area contributed by atoms with Gasteiger partial charge in [0.15, 0.2) is 46.0 Å². The van der Waals surface area contributed by atoms with Crippen molar-refractivity contribution in [2.45, 2.75) is 433 Å². The molecule has 756 valence electrons. The number of aryl methyl sites for hydroxylation is 2. The highest BCUT2D eigenvalue weighted by molar-refractivity contribution is 8.00. The van der Waals surface area contributed by atoms with Crippen molar-refractivity contribution in [2.75, 3.05) is 79.9 Å². The SMILES string of the molecule is CCCCCC/C=C/CCCCCCCCCc1c(O)c(OC)cc(O)c1SCC(=O)OC.CCCCCC/C=C/CCCCCCCCCc1cc(O)c(SCC(=O)OC)c(OC)c1O.CCCCCCCCCCCCCCCCCc1c(O)c(OC)cc(O)c1SCC(=O)OC.CCCCCCCCCCCCCCCCCc1cc(O)c(SCC(=O)OC)c(OC)c1O. The molecule has 4 rings (SSSR count). The van der Waals surface area contributed by atoms with Crippen molar-refractivity contribution in [1.29, 1.82) is 0 Å². The Labute approximate surface area is 815 Å². The summed E-state index contributed by atoms with van der Waals surface area (Å²) >= 11 is 4.55. The molecular formula is C108H180O20S4. The zero-order valence-corrected chi connectivity index (χ0v) is 87.2. The van der Waals surface area contributed by atoms with E-state index in [1.165, 1.54) is 394 Å². The highest BCUT2D eigenvalue weighted by Crippen LogP contribution is 2.49. The second-order valence-corrected chi connectivity index (χ2v) is 38.5. The zero-order valence-electron chi connectivity index (χ0n) is 84.0. The Morgan fingerprint density at radius 2 is 0.439 bits per heavy atom. The molecule has 0 aliphatic heterocycles. The summed E-state index contributed by atoms with van der Waals surface area (Å²) in [5, 5.41) is 83.7. The summed E-state index contributed by atoms with van der Waals surface area (Å²) in [6.07, 6.45) is 83.2. The largest absolute Gasteiger partial charge is 0.507 e. The second kappa shape index (κ2) is 84.7. The molecule has 24 heteroatoms. The van der Waals surface area contributed by atoms with Gasteiger partial charge in [0, 0.05) is 34.4 Å². The summed E-state index contributed by atoms with van der Waals surface area (Å²) < 4.78 is 39.6. The molecule has 0 bridgehead atoms. The number of unbranched alkanes of at least 4 members (excludes halogenated alkanes) is 50. The fourth-order valence-corrected chi connectivity index (χ4v) is 19.4. The van der Waals surface area contributed by atoms with E-state index in [9.17, 15) is 60.0 Å². The number of benzene rings is 4. The zero-order chi connectivity index (χ0) is 97.3. The van der Waals surface area contributed by atoms with Crippen LogP contribution in [0.4, 0.5) is 0 Å². The predicted octanol–water partition coefficient (Wildman–Crippen LogP) is 30.7. The van der Waals surface area contributed by atoms with Crippen LogP contribution in [-0.4, -0.2) is 145 Å². The van der Waals surface area contributed by atoms with E-state index in [1.807, 2.05) is 0 Å². The molecule has 0 saturated carbocycles. The number of phenolic OH excluding ortho intramolecular Hbond substituents is 8. The number of ether oxygens (including phenoxy) is 8. The van der Waals surface area contributed by atoms with E-state index in [4.69, 9.17) is 18.9 Å². The van der Waals surface area contributed by atoms with Crippen LogP contribution in [0.1, 0.15) is 410 Å². The van der Waals surface area contributed by atoms with Gasteiger partial charge >= 0.3 is 23.9 Å². The van der Waals surface area contributed by atoms with Gasteiger partial charge in [-0.25, -0.2) is 0 Å². The highest BCUT2D eigenvalue weighted by Gasteiger charge is 2.25. The average molecular weight is 1930 g/mol. The van der Waals surface area contributed by atoms with Crippen LogP contribution >= 0.6 is 47.0 Å². The first-order valence-corrected chi connectivity index (χ1v) is 54.7. The summed E-state index contributed by atoms with van der Waals surface area (Å²) in [7, 11) is 11.1. The number of carbonyl (C=O) groups is 4. The molecule has 0 spiro atoms. The van der Waals surface area contributed by atoms with Crippen molar-refractivity contribution in [3.8, 4) is 69.0 Å². The van der Waals surface area contributed by atoms with Gasteiger partial charge in [0.1, 0.15) is 23.0 Å². The third kappa shape index (κ3) is 58.6. The molecule has 0 aromatic heterocycles. The Morgan fingerprint density at radius 1 is 0.242 bits per heavy atom. The van der Waals surface area contributed by atoms with Crippen molar-refractivity contribution in [3.05, 3.63) is 70.8 Å². The molecule has 0 unspecified atom stereocenters. The summed E-state index contributed by atoms with van der Waals surface area (Å²) in [6.45, 7) is 9.03. The number of rotatable bonds is 78. The minimum atomic E-state index is -0.403. The van der Waals surface area contributed by atoms with E-state index in [2.05, 4.69) is 70.9 Å². The molecule has 0 radical (unpaired) electrons. The van der Waals surface area contributed by atoms with Crippen LogP contribution in [0.5, 0.6) is 69.0 Å². The Balaban J connectivity index is 0.000000880. The molecule has 0 atom stereocenters. The fourth-order valence-electron chi connectivity index (χ4n) is 15.7. The van der Waals surface area contributed by atoms with Crippen molar-refractivity contribution in [3.63, 3.8) is 0 Å². The lowest BCUT2D eigenvalue weighted by atomic mass is 10.0. The maximum atomic E-state index is 11.5. The van der Waals surface area contributed by atoms with Crippen molar-refractivity contribution < 1.29 is 97.9 Å². The topological polar surface area (TPSA) is 304 Å². The second-order valence-electron chi connectivity index (χ2n) is 34.6. The lowest BCUT2D eigenvalue weighted by Crippen LogP contribution is -2.04. The summed E-state index contributed by atoms with van der Waals surface area (Å²) in [5.74, 6) is -0.0949. The number of thioether (sulfide) groups is 4. The number of hydrogen-bond acceptors (Lipinski definition) is 24. The molecule has 4 aromatic rings. The monoisotopic (exact) mass is 1930 g/mol. The number of carbonyl (C=O) groups excluding carboxylic acids is 4. The third-order valence-electron chi connectivity index (χ3n) is 23.7. The highest BCUT2D eigenvalue weighted by atomic mass is 32.2. The third-order valence-corrected chi connectivity index (χ3v) is 28.1. The van der Waals surface area contributed by atoms with Crippen LogP contribution in [-0.2, 0) is 63.8 Å². The van der Waals surface area contributed by atoms with Crippen LogP contribution in [0.25, 0.3) is 0 Å². The van der Waals surface area contributed by atoms with Crippen LogP contribution in [0.15, 0.2) is 68.2 Å². The lowest BCUT2D eigenvalue weighted by molar-refractivity contribution is -0.138. The van der Waals surface area contributed by atoms with Gasteiger partial charge in [0.2, 0.25) is 0 Å². The van der Waals surface area contributed by atoms with Gasteiger partial charge in [-0.05, 0) is 115 Å². The van der Waals surface area contributed by atoms with Crippen molar-refractivity contribution in [1.82, 2.24) is 0 Å². The van der Waals surface area contributed by atoms with Crippen LogP contribution in [0.3, 0.4) is 0 Å². The van der Waals surface area contributed by atoms with E-state index in [-0.39, 0.29) is 104 Å². The minimum absolute atomic E-state index is 0.0172. The molecule has 8 N–H and O–H groups in total. The summed E-state index contributed by atoms with van der Waals surface area (Å²) in [4.78, 5) is 47.6. The van der Waals surface area contributed by atoms with Crippen LogP contribution in [0.2, 0.25) is 0 Å². The van der Waals surface area contributed by atoms with Gasteiger partial charge in [-0.15, -0.1) is 47.0 Å². The van der Waals surface area contributed by atoms with Crippen LogP contribution < -0.4 is 18.9 Å². The van der Waals surface area contributed by atoms with Gasteiger partial charge < -0.3 is 78.7 Å². The average Bonchev–Trinajstić information content (AvgIpc) is 0.830. The number of methoxy groups -OCH3 is 8. The maximum Gasteiger partial charge on any atom is 0.315 e. The smallest absolute Gasteiger partial charge is 0.315 e. The molecule has 0 fully saturated rings. The normalized spacial score (nSPS) is 11.1. The first kappa shape index (κ1) is 123. The Morgan fingerprint density at radius 3 is 0.659 bits per heavy atom. The standard InChI is InChI=1S/C27H46O5S.C27H44O5S.C27H46O5S.C27H44O5S/c2*1-4-5-6-7-8-9-10-11-12-13-14-15-16-17-18-19-22-26(30)24(31-2)20-23(28)27(22)33-21-25(29)32-3;2*1-4-5-6-7-8-9-10-11-12-13-14-15-16-17-18-19-22-20-23(28)27(26(32-3)25(22)30)33-21-24(29)31-2/h20,28,30H,4-19,21H2,1-3H3;9-10,20,28,30H,4-8,11-19,21H2,1-3H3;20,28,30H,4-19,21H2,1-3H3;9-10,20,28,30H,4-8,11-19,21H2,1-3H3/b;10-9+;;10-9+. The minimum Gasteiger partial charge on any atom is -0.507 e. The van der Waals surface area contributed by atoms with E-state index >= 15 is 0 Å². The fraction of sp³-hybridized carbons (Fsp3) is 0.704. The van der Waals surface area contributed by atoms with Gasteiger partial charge in [-0.1, -0.05) is 335 Å². The van der Waals surface area contributed by atoms with E-state index in [1.54, 1.807) is 12.1 Å². The molecule has 0 amide bonds. The van der Waals surface area contributed by atoms with E-state index < -0.39 is 11.9 Å². The van der Waals surface area contributed by atoms with Crippen molar-refractivity contribution >= 4 is 70.9 Å². The molecule has 4 aromatic carbocycles. The first-order valence-electron chi connectivity index (χ1n) is 50.7. The maximum absolute atomic E-state index is 11.5. The van der Waals surface area contributed by atoms with Gasteiger partial charge in [0.05, 0.1) is 99.5 Å². The molecule has 0 aliphatic carbocycles.